The van der Waals surface area contributed by atoms with Gasteiger partial charge in [0.05, 0.1) is 0 Å². The topological polar surface area (TPSA) is 103 Å². The van der Waals surface area contributed by atoms with E-state index >= 15 is 0 Å². The van der Waals surface area contributed by atoms with Gasteiger partial charge in [-0.2, -0.15) is 4.98 Å². The second-order valence-electron chi connectivity index (χ2n) is 7.60. The van der Waals surface area contributed by atoms with Crippen molar-refractivity contribution in [2.75, 3.05) is 36.9 Å². The van der Waals surface area contributed by atoms with E-state index in [0.717, 1.165) is 23.5 Å². The quantitative estimate of drug-likeness (QED) is 0.318. The summed E-state index contributed by atoms with van der Waals surface area (Å²) in [5.74, 6) is 1.51. The van der Waals surface area contributed by atoms with Gasteiger partial charge in [0.1, 0.15) is 18.2 Å². The number of aromatic hydroxyl groups is 2. The molecule has 0 saturated carbocycles. The van der Waals surface area contributed by atoms with Crippen LogP contribution in [-0.4, -0.2) is 51.3 Å². The molecule has 0 bridgehead atoms. The van der Waals surface area contributed by atoms with Crippen molar-refractivity contribution in [1.29, 1.82) is 0 Å². The van der Waals surface area contributed by atoms with Crippen molar-refractivity contribution in [3.63, 3.8) is 0 Å². The predicted molar refractivity (Wildman–Crippen MR) is 121 cm³/mol. The highest BCUT2D eigenvalue weighted by atomic mass is 16.5. The smallest absolute Gasteiger partial charge is 0.229 e. The third kappa shape index (κ3) is 5.55. The molecule has 8 nitrogen and oxygen atoms in total. The minimum atomic E-state index is -0.196. The fourth-order valence-electron chi connectivity index (χ4n) is 3.43. The van der Waals surface area contributed by atoms with Crippen molar-refractivity contribution in [1.82, 2.24) is 14.9 Å². The van der Waals surface area contributed by atoms with Crippen molar-refractivity contribution < 1.29 is 14.9 Å². The molecule has 2 aromatic carbocycles. The van der Waals surface area contributed by atoms with Gasteiger partial charge < -0.3 is 25.6 Å². The fraction of sp³-hybridized carbons (Fsp3) is 0.304. The zero-order valence-corrected chi connectivity index (χ0v) is 17.5. The van der Waals surface area contributed by atoms with Crippen molar-refractivity contribution in [2.45, 2.75) is 19.8 Å². The van der Waals surface area contributed by atoms with Gasteiger partial charge in [0.2, 0.25) is 5.95 Å². The number of anilines is 4. The summed E-state index contributed by atoms with van der Waals surface area (Å²) in [5.41, 5.74) is 2.31. The van der Waals surface area contributed by atoms with E-state index in [0.29, 0.717) is 24.1 Å². The van der Waals surface area contributed by atoms with Crippen LogP contribution in [0.4, 0.5) is 23.1 Å². The molecule has 4 N–H and O–H groups in total. The van der Waals surface area contributed by atoms with E-state index in [9.17, 15) is 10.2 Å². The van der Waals surface area contributed by atoms with Gasteiger partial charge in [-0.3, -0.25) is 4.90 Å². The first-order chi connectivity index (χ1) is 15.1. The number of nitrogens with zero attached hydrogens (tertiary/aromatic N) is 3. The number of rotatable bonds is 8. The van der Waals surface area contributed by atoms with E-state index in [1.165, 1.54) is 38.1 Å². The standard InChI is InChI=1S/C23H27N5O3/c1-16-15-24-23(27-22(16)25-18-6-9-20(29)21(30)14-18)26-17-4-7-19(8-5-17)31-13-12-28-10-2-3-11-28/h4-9,14-15,29-30H,2-3,10-13H2,1H3,(H2,24,25,26,27). The minimum Gasteiger partial charge on any atom is -0.504 e. The number of likely N-dealkylation sites (tertiary alicyclic amines) is 1. The second-order valence-corrected chi connectivity index (χ2v) is 7.60. The molecule has 1 aromatic heterocycles. The molecule has 0 atom stereocenters. The highest BCUT2D eigenvalue weighted by Crippen LogP contribution is 2.29. The van der Waals surface area contributed by atoms with Crippen molar-refractivity contribution in [2.24, 2.45) is 0 Å². The summed E-state index contributed by atoms with van der Waals surface area (Å²) < 4.78 is 5.84. The number of ether oxygens (including phenoxy) is 1. The van der Waals surface area contributed by atoms with Crippen molar-refractivity contribution >= 4 is 23.1 Å². The van der Waals surface area contributed by atoms with Crippen LogP contribution in [0.25, 0.3) is 0 Å². The molecule has 1 aliphatic heterocycles. The van der Waals surface area contributed by atoms with Crippen LogP contribution >= 0.6 is 0 Å². The van der Waals surface area contributed by atoms with Crippen LogP contribution < -0.4 is 15.4 Å². The second kappa shape index (κ2) is 9.53. The summed E-state index contributed by atoms with van der Waals surface area (Å²) in [6.07, 6.45) is 4.29. The molecule has 31 heavy (non-hydrogen) atoms. The Labute approximate surface area is 181 Å². The molecule has 0 unspecified atom stereocenters. The summed E-state index contributed by atoms with van der Waals surface area (Å²) >= 11 is 0. The molecule has 0 amide bonds. The molecule has 1 fully saturated rings. The normalized spacial score (nSPS) is 13.8. The maximum Gasteiger partial charge on any atom is 0.229 e. The lowest BCUT2D eigenvalue weighted by Gasteiger charge is -2.15. The minimum absolute atomic E-state index is 0.171. The Morgan fingerprint density at radius 1 is 0.968 bits per heavy atom. The Bertz CT molecular complexity index is 1020. The van der Waals surface area contributed by atoms with Crippen LogP contribution in [0.1, 0.15) is 18.4 Å². The lowest BCUT2D eigenvalue weighted by atomic mass is 10.2. The Kier molecular flexibility index (Phi) is 6.37. The third-order valence-corrected chi connectivity index (χ3v) is 5.20. The number of hydrogen-bond acceptors (Lipinski definition) is 8. The van der Waals surface area contributed by atoms with Crippen LogP contribution in [0.2, 0.25) is 0 Å². The molecule has 162 valence electrons. The van der Waals surface area contributed by atoms with Gasteiger partial charge in [-0.1, -0.05) is 0 Å². The number of aromatic nitrogens is 2. The highest BCUT2D eigenvalue weighted by molar-refractivity contribution is 5.64. The molecule has 0 spiro atoms. The molecule has 1 saturated heterocycles. The molecule has 2 heterocycles. The molecular weight excluding hydrogens is 394 g/mol. The van der Waals surface area contributed by atoms with Crippen LogP contribution in [0, 0.1) is 6.92 Å². The summed E-state index contributed by atoms with van der Waals surface area (Å²) in [6, 6.07) is 12.2. The molecule has 1 aliphatic rings. The number of phenols is 2. The Balaban J connectivity index is 1.36. The van der Waals surface area contributed by atoms with E-state index in [1.54, 1.807) is 12.3 Å². The van der Waals surface area contributed by atoms with E-state index < -0.39 is 0 Å². The average molecular weight is 422 g/mol. The third-order valence-electron chi connectivity index (χ3n) is 5.20. The van der Waals surface area contributed by atoms with Crippen LogP contribution in [-0.2, 0) is 0 Å². The average Bonchev–Trinajstić information content (AvgIpc) is 3.28. The van der Waals surface area contributed by atoms with Gasteiger partial charge in [-0.25, -0.2) is 4.98 Å². The van der Waals surface area contributed by atoms with Crippen molar-refractivity contribution in [3.8, 4) is 17.2 Å². The molecular formula is C23H27N5O3. The Morgan fingerprint density at radius 3 is 2.45 bits per heavy atom. The monoisotopic (exact) mass is 421 g/mol. The number of hydrogen-bond donors (Lipinski definition) is 4. The van der Waals surface area contributed by atoms with E-state index in [-0.39, 0.29) is 11.5 Å². The Morgan fingerprint density at radius 2 is 1.71 bits per heavy atom. The maximum absolute atomic E-state index is 9.68. The summed E-state index contributed by atoms with van der Waals surface area (Å²) in [5, 5.41) is 25.5. The predicted octanol–water partition coefficient (Wildman–Crippen LogP) is 4.16. The van der Waals surface area contributed by atoms with Gasteiger partial charge >= 0.3 is 0 Å². The maximum atomic E-state index is 9.68. The van der Waals surface area contributed by atoms with E-state index in [2.05, 4.69) is 25.5 Å². The summed E-state index contributed by atoms with van der Waals surface area (Å²) in [7, 11) is 0. The molecule has 4 rings (SSSR count). The molecule has 0 aliphatic carbocycles. The first-order valence-corrected chi connectivity index (χ1v) is 10.4. The summed E-state index contributed by atoms with van der Waals surface area (Å²) in [4.78, 5) is 11.3. The molecule has 3 aromatic rings. The van der Waals surface area contributed by atoms with E-state index in [1.807, 2.05) is 31.2 Å². The number of nitrogens with one attached hydrogen (secondary N) is 2. The lowest BCUT2D eigenvalue weighted by molar-refractivity contribution is 0.238. The summed E-state index contributed by atoms with van der Waals surface area (Å²) in [6.45, 7) is 5.89. The van der Waals surface area contributed by atoms with Gasteiger partial charge in [0.15, 0.2) is 11.5 Å². The number of aryl methyl sites for hydroxylation is 1. The zero-order chi connectivity index (χ0) is 21.6. The molecule has 8 heteroatoms. The number of benzene rings is 2. The SMILES string of the molecule is Cc1cnc(Nc2ccc(OCCN3CCCC3)cc2)nc1Nc1ccc(O)c(O)c1. The first kappa shape index (κ1) is 20.7. The largest absolute Gasteiger partial charge is 0.504 e. The van der Waals surface area contributed by atoms with Gasteiger partial charge in [0.25, 0.3) is 0 Å². The van der Waals surface area contributed by atoms with Gasteiger partial charge in [-0.05, 0) is 69.3 Å². The first-order valence-electron chi connectivity index (χ1n) is 10.4. The highest BCUT2D eigenvalue weighted by Gasteiger charge is 2.11. The Hall–Kier alpha value is -3.52. The van der Waals surface area contributed by atoms with Crippen molar-refractivity contribution in [3.05, 3.63) is 54.2 Å². The zero-order valence-electron chi connectivity index (χ0n) is 17.5. The number of phenolic OH excluding ortho intramolecular Hbond substituents is 2. The lowest BCUT2D eigenvalue weighted by Crippen LogP contribution is -2.25. The van der Waals surface area contributed by atoms with Gasteiger partial charge in [0, 0.05) is 35.7 Å². The van der Waals surface area contributed by atoms with Crippen LogP contribution in [0.5, 0.6) is 17.2 Å². The van der Waals surface area contributed by atoms with Crippen LogP contribution in [0.3, 0.4) is 0 Å². The van der Waals surface area contributed by atoms with Crippen LogP contribution in [0.15, 0.2) is 48.7 Å². The molecule has 0 radical (unpaired) electrons. The van der Waals surface area contributed by atoms with E-state index in [4.69, 9.17) is 4.74 Å². The van der Waals surface area contributed by atoms with Gasteiger partial charge in [-0.15, -0.1) is 0 Å². The fourth-order valence-corrected chi connectivity index (χ4v) is 3.43.